The molecule has 4 rings (SSSR count). The molecule has 0 amide bonds. The third kappa shape index (κ3) is 6.69. The van der Waals surface area contributed by atoms with Gasteiger partial charge in [-0.05, 0) is 49.9 Å². The summed E-state index contributed by atoms with van der Waals surface area (Å²) in [6.45, 7) is 7.58. The van der Waals surface area contributed by atoms with Crippen molar-refractivity contribution < 1.29 is 0 Å². The molecule has 2 heterocycles. The van der Waals surface area contributed by atoms with Crippen LogP contribution in [0.5, 0.6) is 0 Å². The van der Waals surface area contributed by atoms with Gasteiger partial charge in [-0.3, -0.25) is 0 Å². The summed E-state index contributed by atoms with van der Waals surface area (Å²) in [6, 6.07) is 19.2. The number of hydrogen-bond donors (Lipinski definition) is 2. The second-order valence-electron chi connectivity index (χ2n) is 8.38. The summed E-state index contributed by atoms with van der Waals surface area (Å²) in [6.07, 6.45) is 2.56. The fourth-order valence-corrected chi connectivity index (χ4v) is 3.93. The number of nitrogens with zero attached hydrogens (tertiary/aromatic N) is 5. The first-order valence-electron chi connectivity index (χ1n) is 11.4. The van der Waals surface area contributed by atoms with E-state index >= 15 is 0 Å². The van der Waals surface area contributed by atoms with Crippen LogP contribution < -0.4 is 15.5 Å². The number of rotatable bonds is 7. The van der Waals surface area contributed by atoms with E-state index in [1.807, 2.05) is 36.7 Å². The average Bonchev–Trinajstić information content (AvgIpc) is 3.47. The zero-order valence-electron chi connectivity index (χ0n) is 19.7. The third-order valence-electron chi connectivity index (χ3n) is 6.05. The van der Waals surface area contributed by atoms with Crippen LogP contribution in [0.15, 0.2) is 59.6 Å². The SMILES string of the molecule is Cc1nnc(CNC(=NCc2ccccc2)NC(C)c2cccc(N3CCCC3)c2)n1C.I. The molecule has 1 aliphatic rings. The topological polar surface area (TPSA) is 70.4 Å². The molecule has 3 aromatic rings. The summed E-state index contributed by atoms with van der Waals surface area (Å²) >= 11 is 0. The fourth-order valence-electron chi connectivity index (χ4n) is 3.93. The van der Waals surface area contributed by atoms with Gasteiger partial charge in [-0.1, -0.05) is 42.5 Å². The van der Waals surface area contributed by atoms with Crippen molar-refractivity contribution in [2.24, 2.45) is 12.0 Å². The molecule has 0 radical (unpaired) electrons. The zero-order valence-corrected chi connectivity index (χ0v) is 22.0. The molecule has 33 heavy (non-hydrogen) atoms. The van der Waals surface area contributed by atoms with Crippen LogP contribution in [0.25, 0.3) is 0 Å². The summed E-state index contributed by atoms with van der Waals surface area (Å²) in [5.41, 5.74) is 3.73. The maximum absolute atomic E-state index is 4.84. The van der Waals surface area contributed by atoms with Gasteiger partial charge < -0.3 is 20.1 Å². The van der Waals surface area contributed by atoms with Crippen LogP contribution >= 0.6 is 24.0 Å². The monoisotopic (exact) mass is 559 g/mol. The number of anilines is 1. The van der Waals surface area contributed by atoms with Crippen LogP contribution in [0.1, 0.15) is 48.6 Å². The second-order valence-corrected chi connectivity index (χ2v) is 8.38. The Balaban J connectivity index is 0.00000306. The number of guanidine groups is 1. The van der Waals surface area contributed by atoms with Crippen LogP contribution in [0.3, 0.4) is 0 Å². The highest BCUT2D eigenvalue weighted by molar-refractivity contribution is 14.0. The van der Waals surface area contributed by atoms with E-state index in [1.165, 1.54) is 29.7 Å². The highest BCUT2D eigenvalue weighted by atomic mass is 127. The van der Waals surface area contributed by atoms with Crippen molar-refractivity contribution in [1.29, 1.82) is 0 Å². The number of benzene rings is 2. The molecule has 0 bridgehead atoms. The van der Waals surface area contributed by atoms with Gasteiger partial charge in [0.05, 0.1) is 19.1 Å². The zero-order chi connectivity index (χ0) is 22.3. The lowest BCUT2D eigenvalue weighted by atomic mass is 10.1. The average molecular weight is 560 g/mol. The normalized spacial score (nSPS) is 14.6. The molecule has 2 aromatic carbocycles. The van der Waals surface area contributed by atoms with Gasteiger partial charge in [0.1, 0.15) is 5.82 Å². The maximum Gasteiger partial charge on any atom is 0.192 e. The first-order valence-corrected chi connectivity index (χ1v) is 11.4. The molecule has 1 aliphatic heterocycles. The Kier molecular flexibility index (Phi) is 9.11. The summed E-state index contributed by atoms with van der Waals surface area (Å²) in [5.74, 6) is 2.53. The van der Waals surface area contributed by atoms with E-state index in [1.54, 1.807) is 0 Å². The van der Waals surface area contributed by atoms with Gasteiger partial charge in [0.25, 0.3) is 0 Å². The van der Waals surface area contributed by atoms with Crippen molar-refractivity contribution in [1.82, 2.24) is 25.4 Å². The third-order valence-corrected chi connectivity index (χ3v) is 6.05. The van der Waals surface area contributed by atoms with E-state index < -0.39 is 0 Å². The second kappa shape index (κ2) is 12.0. The van der Waals surface area contributed by atoms with Crippen LogP contribution in [0.2, 0.25) is 0 Å². The van der Waals surface area contributed by atoms with Crippen LogP contribution in [0.4, 0.5) is 5.69 Å². The lowest BCUT2D eigenvalue weighted by Gasteiger charge is -2.22. The standard InChI is InChI=1S/C25H33N7.HI/c1-19(22-12-9-13-23(16-22)32-14-7-8-15-32)28-25(26-17-21-10-5-4-6-11-21)27-18-24-30-29-20(2)31(24)3;/h4-6,9-13,16,19H,7-8,14-15,17-18H2,1-3H3,(H2,26,27,28);1H. The number of aromatic nitrogens is 3. The van der Waals surface area contributed by atoms with Crippen molar-refractivity contribution in [3.05, 3.63) is 77.4 Å². The largest absolute Gasteiger partial charge is 0.372 e. The van der Waals surface area contributed by atoms with Gasteiger partial charge in [0, 0.05) is 25.8 Å². The molecule has 2 N–H and O–H groups in total. The maximum atomic E-state index is 4.84. The Bertz CT molecular complexity index is 1040. The van der Waals surface area contributed by atoms with E-state index in [0.717, 1.165) is 30.7 Å². The molecule has 0 aliphatic carbocycles. The van der Waals surface area contributed by atoms with Crippen molar-refractivity contribution in [3.63, 3.8) is 0 Å². The van der Waals surface area contributed by atoms with Gasteiger partial charge in [-0.2, -0.15) is 0 Å². The minimum absolute atomic E-state index is 0. The molecule has 1 atom stereocenters. The molecule has 176 valence electrons. The lowest BCUT2D eigenvalue weighted by Crippen LogP contribution is -2.39. The summed E-state index contributed by atoms with van der Waals surface area (Å²) in [5, 5.41) is 15.4. The molecule has 1 saturated heterocycles. The van der Waals surface area contributed by atoms with Crippen molar-refractivity contribution >= 4 is 35.6 Å². The Morgan fingerprint density at radius 3 is 2.52 bits per heavy atom. The van der Waals surface area contributed by atoms with E-state index in [4.69, 9.17) is 4.99 Å². The minimum atomic E-state index is 0. The smallest absolute Gasteiger partial charge is 0.192 e. The highest BCUT2D eigenvalue weighted by Crippen LogP contribution is 2.24. The van der Waals surface area contributed by atoms with Crippen molar-refractivity contribution in [2.75, 3.05) is 18.0 Å². The first-order chi connectivity index (χ1) is 15.6. The summed E-state index contributed by atoms with van der Waals surface area (Å²) in [7, 11) is 1.98. The number of halogens is 1. The molecule has 1 aromatic heterocycles. The van der Waals surface area contributed by atoms with Crippen molar-refractivity contribution in [3.8, 4) is 0 Å². The Hall–Kier alpha value is -2.62. The predicted molar refractivity (Wildman–Crippen MR) is 145 cm³/mol. The van der Waals surface area contributed by atoms with Gasteiger partial charge in [0.2, 0.25) is 0 Å². The van der Waals surface area contributed by atoms with E-state index in [0.29, 0.717) is 13.1 Å². The van der Waals surface area contributed by atoms with Crippen LogP contribution in [0, 0.1) is 6.92 Å². The first kappa shape index (κ1) is 25.0. The molecule has 1 unspecified atom stereocenters. The summed E-state index contributed by atoms with van der Waals surface area (Å²) < 4.78 is 1.99. The quantitative estimate of drug-likeness (QED) is 0.256. The van der Waals surface area contributed by atoms with Crippen LogP contribution in [-0.4, -0.2) is 33.8 Å². The lowest BCUT2D eigenvalue weighted by molar-refractivity contribution is 0.663. The van der Waals surface area contributed by atoms with E-state index in [2.05, 4.69) is 69.1 Å². The Morgan fingerprint density at radius 2 is 1.82 bits per heavy atom. The van der Waals surface area contributed by atoms with Gasteiger partial charge in [0.15, 0.2) is 11.8 Å². The summed E-state index contributed by atoms with van der Waals surface area (Å²) in [4.78, 5) is 7.30. The Labute approximate surface area is 213 Å². The number of aryl methyl sites for hydroxylation is 1. The molecule has 8 heteroatoms. The number of aliphatic imine (C=N–C) groups is 1. The highest BCUT2D eigenvalue weighted by Gasteiger charge is 2.15. The number of nitrogens with one attached hydrogen (secondary N) is 2. The molecule has 1 fully saturated rings. The molecule has 0 saturated carbocycles. The molecule has 7 nitrogen and oxygen atoms in total. The minimum Gasteiger partial charge on any atom is -0.372 e. The molecule has 0 spiro atoms. The fraction of sp³-hybridized carbons (Fsp3) is 0.400. The molecular weight excluding hydrogens is 525 g/mol. The van der Waals surface area contributed by atoms with E-state index in [9.17, 15) is 0 Å². The predicted octanol–water partition coefficient (Wildman–Crippen LogP) is 4.34. The van der Waals surface area contributed by atoms with Crippen molar-refractivity contribution in [2.45, 2.75) is 45.8 Å². The van der Waals surface area contributed by atoms with E-state index in [-0.39, 0.29) is 30.0 Å². The van der Waals surface area contributed by atoms with Gasteiger partial charge >= 0.3 is 0 Å². The van der Waals surface area contributed by atoms with Gasteiger partial charge in [-0.15, -0.1) is 34.2 Å². The van der Waals surface area contributed by atoms with Crippen LogP contribution in [-0.2, 0) is 20.1 Å². The number of hydrogen-bond acceptors (Lipinski definition) is 4. The Morgan fingerprint density at radius 1 is 1.06 bits per heavy atom. The van der Waals surface area contributed by atoms with Gasteiger partial charge in [-0.25, -0.2) is 4.99 Å². The molecular formula is C25H34IN7.